The molecule has 23 heavy (non-hydrogen) atoms. The maximum Gasteiger partial charge on any atom is 0.257 e. The van der Waals surface area contributed by atoms with E-state index >= 15 is 0 Å². The van der Waals surface area contributed by atoms with Gasteiger partial charge in [0, 0.05) is 11.6 Å². The van der Waals surface area contributed by atoms with Gasteiger partial charge in [-0.05, 0) is 54.3 Å². The number of hydrogen-bond acceptors (Lipinski definition) is 2. The highest BCUT2D eigenvalue weighted by atomic mass is 35.5. The lowest BCUT2D eigenvalue weighted by Crippen LogP contribution is -2.30. The highest BCUT2D eigenvalue weighted by molar-refractivity contribution is 6.31. The van der Waals surface area contributed by atoms with Gasteiger partial charge in [0.2, 0.25) is 0 Å². The number of nitrogens with one attached hydrogen (secondary N) is 1. The smallest absolute Gasteiger partial charge is 0.257 e. The minimum absolute atomic E-state index is 0.0474. The summed E-state index contributed by atoms with van der Waals surface area (Å²) in [4.78, 5) is 11.8. The van der Waals surface area contributed by atoms with Crippen LogP contribution in [-0.2, 0) is 17.6 Å². The third-order valence-electron chi connectivity index (χ3n) is 3.42. The first kappa shape index (κ1) is 17.3. The number of carbonyl (C=O) groups excluding carboxylic acids is 1. The predicted octanol–water partition coefficient (Wildman–Crippen LogP) is 3.78. The van der Waals surface area contributed by atoms with Gasteiger partial charge in [0.15, 0.2) is 6.61 Å². The quantitative estimate of drug-likeness (QED) is 0.836. The summed E-state index contributed by atoms with van der Waals surface area (Å²) < 4.78 is 18.2. The number of benzene rings is 2. The fraction of sp³-hybridized carbons (Fsp3) is 0.278. The number of aryl methyl sites for hydroxylation is 1. The molecule has 0 aromatic heterocycles. The van der Waals surface area contributed by atoms with Crippen molar-refractivity contribution in [1.29, 1.82) is 0 Å². The van der Waals surface area contributed by atoms with Gasteiger partial charge in [-0.15, -0.1) is 0 Å². The van der Waals surface area contributed by atoms with Crippen molar-refractivity contribution in [2.45, 2.75) is 19.8 Å². The van der Waals surface area contributed by atoms with Gasteiger partial charge >= 0.3 is 0 Å². The predicted molar refractivity (Wildman–Crippen MR) is 89.4 cm³/mol. The molecule has 2 aromatic carbocycles. The van der Waals surface area contributed by atoms with Crippen LogP contribution in [0.3, 0.4) is 0 Å². The monoisotopic (exact) mass is 335 g/mol. The molecule has 0 radical (unpaired) electrons. The first-order valence-electron chi connectivity index (χ1n) is 7.51. The Balaban J connectivity index is 1.73. The van der Waals surface area contributed by atoms with Crippen LogP contribution in [0.4, 0.5) is 4.39 Å². The van der Waals surface area contributed by atoms with Gasteiger partial charge in [-0.25, -0.2) is 4.39 Å². The van der Waals surface area contributed by atoms with Gasteiger partial charge in [0.25, 0.3) is 5.91 Å². The van der Waals surface area contributed by atoms with Gasteiger partial charge in [0.05, 0.1) is 0 Å². The Kier molecular flexibility index (Phi) is 6.41. The Hall–Kier alpha value is -2.07. The van der Waals surface area contributed by atoms with E-state index in [1.54, 1.807) is 24.3 Å². The maximum atomic E-state index is 12.8. The largest absolute Gasteiger partial charge is 0.484 e. The van der Waals surface area contributed by atoms with Gasteiger partial charge in [-0.3, -0.25) is 4.79 Å². The first-order valence-corrected chi connectivity index (χ1v) is 7.88. The molecule has 0 saturated carbocycles. The van der Waals surface area contributed by atoms with Crippen molar-refractivity contribution in [2.75, 3.05) is 13.2 Å². The van der Waals surface area contributed by atoms with Crippen molar-refractivity contribution in [2.24, 2.45) is 0 Å². The van der Waals surface area contributed by atoms with Crippen LogP contribution in [0.5, 0.6) is 5.75 Å². The fourth-order valence-corrected chi connectivity index (χ4v) is 2.36. The van der Waals surface area contributed by atoms with Crippen LogP contribution in [0.2, 0.25) is 5.02 Å². The number of carbonyl (C=O) groups is 1. The third kappa shape index (κ3) is 5.57. The fourth-order valence-electron chi connectivity index (χ4n) is 2.11. The molecule has 0 aliphatic heterocycles. The average molecular weight is 336 g/mol. The summed E-state index contributed by atoms with van der Waals surface area (Å²) in [6, 6.07) is 11.6. The SMILES string of the molecule is CCc1cc(OCC(=O)NCCc2ccc(F)cc2)ccc1Cl. The zero-order valence-corrected chi connectivity index (χ0v) is 13.7. The van der Waals surface area contributed by atoms with Crippen LogP contribution in [0.25, 0.3) is 0 Å². The molecule has 0 aliphatic carbocycles. The van der Waals surface area contributed by atoms with Crippen LogP contribution in [0.15, 0.2) is 42.5 Å². The van der Waals surface area contributed by atoms with Crippen molar-refractivity contribution < 1.29 is 13.9 Å². The van der Waals surface area contributed by atoms with Crippen LogP contribution in [0.1, 0.15) is 18.1 Å². The summed E-state index contributed by atoms with van der Waals surface area (Å²) in [6.07, 6.45) is 1.45. The summed E-state index contributed by atoms with van der Waals surface area (Å²) in [7, 11) is 0. The summed E-state index contributed by atoms with van der Waals surface area (Å²) in [6.45, 7) is 2.44. The van der Waals surface area contributed by atoms with Gasteiger partial charge in [-0.1, -0.05) is 30.7 Å². The Labute approximate surface area is 140 Å². The molecular formula is C18H19ClFNO2. The normalized spacial score (nSPS) is 10.4. The molecule has 0 bridgehead atoms. The second kappa shape index (κ2) is 8.53. The number of amides is 1. The maximum absolute atomic E-state index is 12.8. The van der Waals surface area contributed by atoms with E-state index in [2.05, 4.69) is 5.32 Å². The molecule has 1 amide bonds. The van der Waals surface area contributed by atoms with Gasteiger partial charge in [0.1, 0.15) is 11.6 Å². The lowest BCUT2D eigenvalue weighted by atomic mass is 10.1. The lowest BCUT2D eigenvalue weighted by molar-refractivity contribution is -0.123. The molecule has 0 atom stereocenters. The summed E-state index contributed by atoms with van der Waals surface area (Å²) in [5, 5.41) is 3.47. The van der Waals surface area contributed by atoms with Crippen LogP contribution in [-0.4, -0.2) is 19.1 Å². The van der Waals surface area contributed by atoms with E-state index in [1.165, 1.54) is 12.1 Å². The number of hydrogen-bond donors (Lipinski definition) is 1. The van der Waals surface area contributed by atoms with Gasteiger partial charge < -0.3 is 10.1 Å². The standard InChI is InChI=1S/C18H19ClFNO2/c1-2-14-11-16(7-8-17(14)19)23-12-18(22)21-10-9-13-3-5-15(20)6-4-13/h3-8,11H,2,9-10,12H2,1H3,(H,21,22). The molecule has 5 heteroatoms. The number of rotatable bonds is 7. The number of ether oxygens (including phenoxy) is 1. The van der Waals surface area contributed by atoms with Crippen molar-refractivity contribution >= 4 is 17.5 Å². The highest BCUT2D eigenvalue weighted by Crippen LogP contribution is 2.22. The Bertz CT molecular complexity index is 659. The molecule has 122 valence electrons. The van der Waals surface area contributed by atoms with Crippen molar-refractivity contribution in [3.63, 3.8) is 0 Å². The first-order chi connectivity index (χ1) is 11.1. The Morgan fingerprint density at radius 1 is 1.22 bits per heavy atom. The molecule has 0 spiro atoms. The van der Waals surface area contributed by atoms with E-state index in [4.69, 9.17) is 16.3 Å². The van der Waals surface area contributed by atoms with E-state index in [0.29, 0.717) is 23.7 Å². The molecule has 0 saturated heterocycles. The van der Waals surface area contributed by atoms with E-state index in [1.807, 2.05) is 13.0 Å². The Morgan fingerprint density at radius 2 is 1.96 bits per heavy atom. The minimum Gasteiger partial charge on any atom is -0.484 e. The molecule has 0 aliphatic rings. The van der Waals surface area contributed by atoms with Gasteiger partial charge in [-0.2, -0.15) is 0 Å². The molecule has 2 rings (SSSR count). The van der Waals surface area contributed by atoms with Crippen LogP contribution in [0, 0.1) is 5.82 Å². The topological polar surface area (TPSA) is 38.3 Å². The van der Waals surface area contributed by atoms with Crippen molar-refractivity contribution in [3.05, 3.63) is 64.4 Å². The second-order valence-electron chi connectivity index (χ2n) is 5.12. The van der Waals surface area contributed by atoms with Crippen molar-refractivity contribution in [1.82, 2.24) is 5.32 Å². The molecule has 0 fully saturated rings. The number of halogens is 2. The Morgan fingerprint density at radius 3 is 2.65 bits per heavy atom. The minimum atomic E-state index is -0.263. The van der Waals surface area contributed by atoms with Crippen LogP contribution >= 0.6 is 11.6 Å². The highest BCUT2D eigenvalue weighted by Gasteiger charge is 2.05. The lowest BCUT2D eigenvalue weighted by Gasteiger charge is -2.09. The summed E-state index contributed by atoms with van der Waals surface area (Å²) in [5.41, 5.74) is 1.96. The molecule has 2 aromatic rings. The zero-order valence-electron chi connectivity index (χ0n) is 12.9. The molecule has 1 N–H and O–H groups in total. The van der Waals surface area contributed by atoms with Crippen LogP contribution < -0.4 is 10.1 Å². The second-order valence-corrected chi connectivity index (χ2v) is 5.53. The van der Waals surface area contributed by atoms with E-state index in [0.717, 1.165) is 17.5 Å². The zero-order chi connectivity index (χ0) is 16.7. The average Bonchev–Trinajstić information content (AvgIpc) is 2.56. The molecule has 0 unspecified atom stereocenters. The van der Waals surface area contributed by atoms with Crippen molar-refractivity contribution in [3.8, 4) is 5.75 Å². The summed E-state index contributed by atoms with van der Waals surface area (Å²) in [5.74, 6) is 0.167. The molecular weight excluding hydrogens is 317 g/mol. The van der Waals surface area contributed by atoms with E-state index in [9.17, 15) is 9.18 Å². The molecule has 3 nitrogen and oxygen atoms in total. The summed E-state index contributed by atoms with van der Waals surface area (Å²) >= 11 is 6.04. The van der Waals surface area contributed by atoms with E-state index in [-0.39, 0.29) is 18.3 Å². The van der Waals surface area contributed by atoms with E-state index < -0.39 is 0 Å². The third-order valence-corrected chi connectivity index (χ3v) is 3.79. The molecule has 0 heterocycles.